The van der Waals surface area contributed by atoms with E-state index in [1.54, 1.807) is 0 Å². The van der Waals surface area contributed by atoms with Gasteiger partial charge in [-0.3, -0.25) is 4.90 Å². The molecule has 1 fully saturated rings. The van der Waals surface area contributed by atoms with Crippen molar-refractivity contribution in [2.45, 2.75) is 38.3 Å². The number of aromatic nitrogens is 2. The van der Waals surface area contributed by atoms with Crippen LogP contribution in [0.2, 0.25) is 0 Å². The third-order valence-electron chi connectivity index (χ3n) is 3.44. The summed E-state index contributed by atoms with van der Waals surface area (Å²) in [6.07, 6.45) is 8.87. The maximum Gasteiger partial charge on any atom is 0.142 e. The molecule has 17 heavy (non-hydrogen) atoms. The minimum Gasteiger partial charge on any atom is -0.320 e. The predicted octanol–water partition coefficient (Wildman–Crippen LogP) is 1.44. The Morgan fingerprint density at radius 1 is 1.35 bits per heavy atom. The lowest BCUT2D eigenvalue weighted by Crippen LogP contribution is -2.40. The van der Waals surface area contributed by atoms with Crippen LogP contribution in [0.3, 0.4) is 0 Å². The first-order valence-corrected chi connectivity index (χ1v) is 6.54. The number of nitrogens with one attached hydrogen (secondary N) is 1. The van der Waals surface area contributed by atoms with E-state index in [9.17, 15) is 0 Å². The van der Waals surface area contributed by atoms with Crippen LogP contribution in [0.1, 0.15) is 31.5 Å². The fourth-order valence-electron chi connectivity index (χ4n) is 2.50. The molecule has 1 saturated heterocycles. The van der Waals surface area contributed by atoms with Gasteiger partial charge >= 0.3 is 0 Å². The highest BCUT2D eigenvalue weighted by molar-refractivity contribution is 4.90. The fourth-order valence-corrected chi connectivity index (χ4v) is 2.50. The average Bonchev–Trinajstić information content (AvgIpc) is 2.39. The molecule has 1 aliphatic rings. The summed E-state index contributed by atoms with van der Waals surface area (Å²) in [5, 5.41) is 3.24. The van der Waals surface area contributed by atoms with Gasteiger partial charge in [-0.2, -0.15) is 0 Å². The molecule has 2 rings (SSSR count). The number of likely N-dealkylation sites (tertiary alicyclic amines) is 1. The quantitative estimate of drug-likeness (QED) is 0.837. The third-order valence-corrected chi connectivity index (χ3v) is 3.44. The van der Waals surface area contributed by atoms with Crippen molar-refractivity contribution in [2.75, 3.05) is 20.1 Å². The first kappa shape index (κ1) is 12.5. The third kappa shape index (κ3) is 3.75. The minimum atomic E-state index is 0.694. The predicted molar refractivity (Wildman–Crippen MR) is 68.6 cm³/mol. The molecule has 0 radical (unpaired) electrons. The van der Waals surface area contributed by atoms with Crippen molar-refractivity contribution in [3.8, 4) is 0 Å². The van der Waals surface area contributed by atoms with Crippen LogP contribution in [0.4, 0.5) is 0 Å². The van der Waals surface area contributed by atoms with Gasteiger partial charge in [-0.25, -0.2) is 9.97 Å². The van der Waals surface area contributed by atoms with Gasteiger partial charge < -0.3 is 5.32 Å². The molecule has 94 valence electrons. The Hall–Kier alpha value is -1.00. The van der Waals surface area contributed by atoms with Crippen LogP contribution < -0.4 is 5.32 Å². The smallest absolute Gasteiger partial charge is 0.142 e. The summed E-state index contributed by atoms with van der Waals surface area (Å²) in [6.45, 7) is 3.18. The summed E-state index contributed by atoms with van der Waals surface area (Å²) in [5.41, 5.74) is 0. The van der Waals surface area contributed by atoms with Gasteiger partial charge in [0, 0.05) is 18.4 Å². The zero-order chi connectivity index (χ0) is 11.9. The summed E-state index contributed by atoms with van der Waals surface area (Å²) < 4.78 is 0. The summed E-state index contributed by atoms with van der Waals surface area (Å²) >= 11 is 0. The fraction of sp³-hybridized carbons (Fsp3) is 0.692. The van der Waals surface area contributed by atoms with Gasteiger partial charge in [0.1, 0.15) is 5.82 Å². The second-order valence-electron chi connectivity index (χ2n) is 4.68. The van der Waals surface area contributed by atoms with E-state index in [0.717, 1.165) is 18.9 Å². The van der Waals surface area contributed by atoms with Crippen molar-refractivity contribution in [3.63, 3.8) is 0 Å². The van der Waals surface area contributed by atoms with Crippen LogP contribution >= 0.6 is 0 Å². The average molecular weight is 234 g/mol. The van der Waals surface area contributed by atoms with E-state index in [1.165, 1.54) is 32.2 Å². The van der Waals surface area contributed by atoms with Crippen molar-refractivity contribution in [2.24, 2.45) is 0 Å². The molecule has 0 amide bonds. The second kappa shape index (κ2) is 6.67. The maximum absolute atomic E-state index is 4.32. The van der Waals surface area contributed by atoms with Crippen LogP contribution in [0.15, 0.2) is 18.5 Å². The summed E-state index contributed by atoms with van der Waals surface area (Å²) in [6, 6.07) is 2.57. The minimum absolute atomic E-state index is 0.694. The summed E-state index contributed by atoms with van der Waals surface area (Å²) in [4.78, 5) is 11.2. The summed E-state index contributed by atoms with van der Waals surface area (Å²) in [5.74, 6) is 0.948. The molecule has 1 N–H and O–H groups in total. The molecule has 0 bridgehead atoms. The van der Waals surface area contributed by atoms with E-state index >= 15 is 0 Å². The van der Waals surface area contributed by atoms with Gasteiger partial charge in [0.05, 0.1) is 6.54 Å². The van der Waals surface area contributed by atoms with Gasteiger partial charge in [-0.15, -0.1) is 0 Å². The Balaban J connectivity index is 1.92. The lowest BCUT2D eigenvalue weighted by atomic mass is 9.99. The van der Waals surface area contributed by atoms with Gasteiger partial charge in [0.25, 0.3) is 0 Å². The lowest BCUT2D eigenvalue weighted by molar-refractivity contribution is 0.129. The molecule has 0 spiro atoms. The molecule has 0 aliphatic carbocycles. The number of rotatable bonds is 5. The van der Waals surface area contributed by atoms with Crippen molar-refractivity contribution < 1.29 is 0 Å². The van der Waals surface area contributed by atoms with Crippen molar-refractivity contribution in [3.05, 3.63) is 24.3 Å². The Bertz CT molecular complexity index is 314. The number of piperidine rings is 1. The molecule has 4 nitrogen and oxygen atoms in total. The Morgan fingerprint density at radius 2 is 2.18 bits per heavy atom. The SMILES string of the molecule is CNCCC1CCCCN1Cc1ncccn1. The molecule has 2 heterocycles. The Kier molecular flexibility index (Phi) is 4.88. The highest BCUT2D eigenvalue weighted by Gasteiger charge is 2.22. The molecule has 1 aromatic heterocycles. The van der Waals surface area contributed by atoms with Crippen LogP contribution in [0.5, 0.6) is 0 Å². The second-order valence-corrected chi connectivity index (χ2v) is 4.68. The van der Waals surface area contributed by atoms with Crippen LogP contribution in [-0.4, -0.2) is 41.0 Å². The topological polar surface area (TPSA) is 41.0 Å². The molecule has 1 aromatic rings. The number of hydrogen-bond donors (Lipinski definition) is 1. The van der Waals surface area contributed by atoms with E-state index < -0.39 is 0 Å². The van der Waals surface area contributed by atoms with Crippen molar-refractivity contribution >= 4 is 0 Å². The number of nitrogens with zero attached hydrogens (tertiary/aromatic N) is 3. The van der Waals surface area contributed by atoms with Gasteiger partial charge in [-0.1, -0.05) is 6.42 Å². The molecule has 1 atom stereocenters. The molecule has 4 heteroatoms. The van der Waals surface area contributed by atoms with E-state index in [4.69, 9.17) is 0 Å². The van der Waals surface area contributed by atoms with E-state index in [1.807, 2.05) is 25.5 Å². The highest BCUT2D eigenvalue weighted by Crippen LogP contribution is 2.20. The number of hydrogen-bond acceptors (Lipinski definition) is 4. The Labute approximate surface area is 103 Å². The largest absolute Gasteiger partial charge is 0.320 e. The summed E-state index contributed by atoms with van der Waals surface area (Å²) in [7, 11) is 2.02. The van der Waals surface area contributed by atoms with Crippen molar-refractivity contribution in [1.29, 1.82) is 0 Å². The van der Waals surface area contributed by atoms with Crippen LogP contribution in [0, 0.1) is 0 Å². The normalized spacial score (nSPS) is 21.6. The molecule has 1 unspecified atom stereocenters. The first-order valence-electron chi connectivity index (χ1n) is 6.54. The van der Waals surface area contributed by atoms with E-state index in [0.29, 0.717) is 6.04 Å². The zero-order valence-corrected chi connectivity index (χ0v) is 10.6. The lowest BCUT2D eigenvalue weighted by Gasteiger charge is -2.35. The van der Waals surface area contributed by atoms with E-state index in [-0.39, 0.29) is 0 Å². The van der Waals surface area contributed by atoms with Gasteiger partial charge in [-0.05, 0) is 45.5 Å². The standard InChI is InChI=1S/C13H22N4/c1-14-9-6-12-5-2-3-10-17(12)11-13-15-7-4-8-16-13/h4,7-8,12,14H,2-3,5-6,9-11H2,1H3. The van der Waals surface area contributed by atoms with Crippen LogP contribution in [-0.2, 0) is 6.54 Å². The molecule has 0 saturated carbocycles. The van der Waals surface area contributed by atoms with E-state index in [2.05, 4.69) is 20.2 Å². The van der Waals surface area contributed by atoms with Crippen molar-refractivity contribution in [1.82, 2.24) is 20.2 Å². The monoisotopic (exact) mass is 234 g/mol. The van der Waals surface area contributed by atoms with Gasteiger partial charge in [0.15, 0.2) is 0 Å². The maximum atomic E-state index is 4.32. The Morgan fingerprint density at radius 3 is 2.94 bits per heavy atom. The molecular weight excluding hydrogens is 212 g/mol. The molecule has 0 aromatic carbocycles. The van der Waals surface area contributed by atoms with Crippen LogP contribution in [0.25, 0.3) is 0 Å². The first-order chi connectivity index (χ1) is 8.40. The molecule has 1 aliphatic heterocycles. The zero-order valence-electron chi connectivity index (χ0n) is 10.6. The highest BCUT2D eigenvalue weighted by atomic mass is 15.2. The van der Waals surface area contributed by atoms with Gasteiger partial charge in [0.2, 0.25) is 0 Å². The molecular formula is C13H22N4.